The topological polar surface area (TPSA) is 44.5 Å². The summed E-state index contributed by atoms with van der Waals surface area (Å²) in [4.78, 5) is 0. The van der Waals surface area contributed by atoms with E-state index in [-0.39, 0.29) is 11.9 Å². The fourth-order valence-electron chi connectivity index (χ4n) is 2.13. The number of rotatable bonds is 4. The van der Waals surface area contributed by atoms with E-state index in [4.69, 9.17) is 15.2 Å². The largest absolute Gasteiger partial charge is 0.493 e. The second-order valence-electron chi connectivity index (χ2n) is 4.57. The molecule has 1 atom stereocenters. The molecule has 0 saturated carbocycles. The number of methoxy groups -OCH3 is 2. The Kier molecular flexibility index (Phi) is 4.25. The van der Waals surface area contributed by atoms with Crippen LogP contribution in [0.4, 0.5) is 4.39 Å². The molecule has 0 amide bonds. The molecular weight excluding hydrogens is 257 g/mol. The number of halogens is 1. The van der Waals surface area contributed by atoms with Crippen molar-refractivity contribution in [1.82, 2.24) is 0 Å². The summed E-state index contributed by atoms with van der Waals surface area (Å²) in [5.74, 6) is 0.757. The molecule has 0 heterocycles. The van der Waals surface area contributed by atoms with E-state index >= 15 is 0 Å². The molecular formula is C16H18FNO2. The summed E-state index contributed by atoms with van der Waals surface area (Å²) in [5, 5.41) is 0. The zero-order chi connectivity index (χ0) is 14.7. The van der Waals surface area contributed by atoms with Crippen molar-refractivity contribution in [3.63, 3.8) is 0 Å². The van der Waals surface area contributed by atoms with Crippen molar-refractivity contribution in [3.8, 4) is 22.6 Å². The van der Waals surface area contributed by atoms with Crippen LogP contribution in [-0.4, -0.2) is 14.2 Å². The monoisotopic (exact) mass is 275 g/mol. The van der Waals surface area contributed by atoms with E-state index in [0.717, 1.165) is 5.56 Å². The van der Waals surface area contributed by atoms with Gasteiger partial charge in [-0.1, -0.05) is 18.2 Å². The van der Waals surface area contributed by atoms with Gasteiger partial charge in [0.25, 0.3) is 0 Å². The number of para-hydroxylation sites is 1. The normalized spacial score (nSPS) is 12.1. The van der Waals surface area contributed by atoms with Crippen LogP contribution in [0, 0.1) is 5.82 Å². The first-order chi connectivity index (χ1) is 9.58. The van der Waals surface area contributed by atoms with Gasteiger partial charge in [0.15, 0.2) is 11.5 Å². The number of benzene rings is 2. The zero-order valence-electron chi connectivity index (χ0n) is 11.8. The van der Waals surface area contributed by atoms with Gasteiger partial charge >= 0.3 is 0 Å². The van der Waals surface area contributed by atoms with Crippen LogP contribution in [0.25, 0.3) is 11.1 Å². The van der Waals surface area contributed by atoms with Crippen LogP contribution in [0.3, 0.4) is 0 Å². The molecule has 0 aliphatic carbocycles. The third-order valence-corrected chi connectivity index (χ3v) is 3.21. The molecule has 0 aliphatic rings. The Balaban J connectivity index is 2.64. The van der Waals surface area contributed by atoms with E-state index in [0.29, 0.717) is 22.6 Å². The molecule has 0 spiro atoms. The molecule has 20 heavy (non-hydrogen) atoms. The Morgan fingerprint density at radius 1 is 1.05 bits per heavy atom. The van der Waals surface area contributed by atoms with Gasteiger partial charge in [0.1, 0.15) is 5.82 Å². The molecule has 2 N–H and O–H groups in total. The lowest BCUT2D eigenvalue weighted by Crippen LogP contribution is -2.05. The summed E-state index contributed by atoms with van der Waals surface area (Å²) in [7, 11) is 3.09. The van der Waals surface area contributed by atoms with Crippen LogP contribution in [-0.2, 0) is 0 Å². The molecule has 0 radical (unpaired) electrons. The van der Waals surface area contributed by atoms with E-state index in [1.807, 2.05) is 6.92 Å². The maximum Gasteiger partial charge on any atom is 0.168 e. The van der Waals surface area contributed by atoms with Crippen molar-refractivity contribution in [2.75, 3.05) is 14.2 Å². The maximum absolute atomic E-state index is 14.1. The Morgan fingerprint density at radius 3 is 2.40 bits per heavy atom. The summed E-state index contributed by atoms with van der Waals surface area (Å²) in [6, 6.07) is 10.1. The molecule has 2 aromatic rings. The smallest absolute Gasteiger partial charge is 0.168 e. The van der Waals surface area contributed by atoms with Gasteiger partial charge in [-0.3, -0.25) is 0 Å². The molecule has 0 aromatic heterocycles. The maximum atomic E-state index is 14.1. The number of nitrogens with two attached hydrogens (primary N) is 1. The van der Waals surface area contributed by atoms with Crippen molar-refractivity contribution in [1.29, 1.82) is 0 Å². The predicted octanol–water partition coefficient (Wildman–Crippen LogP) is 3.53. The van der Waals surface area contributed by atoms with E-state index in [1.165, 1.54) is 13.2 Å². The minimum Gasteiger partial charge on any atom is -0.493 e. The molecule has 0 saturated heterocycles. The highest BCUT2D eigenvalue weighted by molar-refractivity contribution is 5.74. The number of hydrogen-bond donors (Lipinski definition) is 1. The first-order valence-electron chi connectivity index (χ1n) is 6.35. The molecule has 2 rings (SSSR count). The SMILES string of the molecule is COc1cccc(-c2cc(C(C)N)ccc2F)c1OC. The van der Waals surface area contributed by atoms with Crippen molar-refractivity contribution in [2.45, 2.75) is 13.0 Å². The molecule has 0 aliphatic heterocycles. The quantitative estimate of drug-likeness (QED) is 0.928. The van der Waals surface area contributed by atoms with Crippen molar-refractivity contribution < 1.29 is 13.9 Å². The number of ether oxygens (including phenoxy) is 2. The average Bonchev–Trinajstić information content (AvgIpc) is 2.46. The van der Waals surface area contributed by atoms with E-state index in [2.05, 4.69) is 0 Å². The molecule has 4 heteroatoms. The van der Waals surface area contributed by atoms with E-state index in [1.54, 1.807) is 37.4 Å². The van der Waals surface area contributed by atoms with Gasteiger partial charge < -0.3 is 15.2 Å². The summed E-state index contributed by atoms with van der Waals surface area (Å²) >= 11 is 0. The molecule has 1 unspecified atom stereocenters. The van der Waals surface area contributed by atoms with Gasteiger partial charge in [0.2, 0.25) is 0 Å². The van der Waals surface area contributed by atoms with Crippen molar-refractivity contribution >= 4 is 0 Å². The Labute approximate surface area is 118 Å². The predicted molar refractivity (Wildman–Crippen MR) is 77.5 cm³/mol. The van der Waals surface area contributed by atoms with Crippen LogP contribution in [0.15, 0.2) is 36.4 Å². The number of hydrogen-bond acceptors (Lipinski definition) is 3. The summed E-state index contributed by atoms with van der Waals surface area (Å²) < 4.78 is 24.7. The van der Waals surface area contributed by atoms with Crippen LogP contribution in [0.1, 0.15) is 18.5 Å². The third kappa shape index (κ3) is 2.60. The van der Waals surface area contributed by atoms with E-state index < -0.39 is 0 Å². The Morgan fingerprint density at radius 2 is 1.80 bits per heavy atom. The fourth-order valence-corrected chi connectivity index (χ4v) is 2.13. The molecule has 0 bridgehead atoms. The standard InChI is InChI=1S/C16H18FNO2/c1-10(18)11-7-8-14(17)13(9-11)12-5-4-6-15(19-2)16(12)20-3/h4-10H,18H2,1-3H3. The van der Waals surface area contributed by atoms with Gasteiger partial charge in [-0.15, -0.1) is 0 Å². The third-order valence-electron chi connectivity index (χ3n) is 3.21. The lowest BCUT2D eigenvalue weighted by molar-refractivity contribution is 0.356. The lowest BCUT2D eigenvalue weighted by Gasteiger charge is -2.15. The van der Waals surface area contributed by atoms with E-state index in [9.17, 15) is 4.39 Å². The summed E-state index contributed by atoms with van der Waals surface area (Å²) in [6.45, 7) is 1.86. The van der Waals surface area contributed by atoms with Crippen LogP contribution in [0.2, 0.25) is 0 Å². The molecule has 0 fully saturated rings. The average molecular weight is 275 g/mol. The molecule has 3 nitrogen and oxygen atoms in total. The first-order valence-corrected chi connectivity index (χ1v) is 6.35. The highest BCUT2D eigenvalue weighted by atomic mass is 19.1. The highest BCUT2D eigenvalue weighted by Crippen LogP contribution is 2.39. The fraction of sp³-hybridized carbons (Fsp3) is 0.250. The molecule has 2 aromatic carbocycles. The zero-order valence-corrected chi connectivity index (χ0v) is 11.8. The van der Waals surface area contributed by atoms with Gasteiger partial charge in [-0.05, 0) is 30.7 Å². The van der Waals surface area contributed by atoms with Crippen molar-refractivity contribution in [2.24, 2.45) is 5.73 Å². The lowest BCUT2D eigenvalue weighted by atomic mass is 9.98. The minimum absolute atomic E-state index is 0.161. The van der Waals surface area contributed by atoms with Crippen molar-refractivity contribution in [3.05, 3.63) is 47.8 Å². The second-order valence-corrected chi connectivity index (χ2v) is 4.57. The van der Waals surface area contributed by atoms with Crippen LogP contribution >= 0.6 is 0 Å². The highest BCUT2D eigenvalue weighted by Gasteiger charge is 2.15. The summed E-state index contributed by atoms with van der Waals surface area (Å²) in [6.07, 6.45) is 0. The second kappa shape index (κ2) is 5.92. The van der Waals surface area contributed by atoms with Crippen LogP contribution in [0.5, 0.6) is 11.5 Å². The van der Waals surface area contributed by atoms with Crippen LogP contribution < -0.4 is 15.2 Å². The Bertz CT molecular complexity index is 611. The first kappa shape index (κ1) is 14.3. The van der Waals surface area contributed by atoms with Gasteiger partial charge in [-0.25, -0.2) is 4.39 Å². The van der Waals surface area contributed by atoms with Gasteiger partial charge in [-0.2, -0.15) is 0 Å². The van der Waals surface area contributed by atoms with Gasteiger partial charge in [0, 0.05) is 17.2 Å². The minimum atomic E-state index is -0.319. The summed E-state index contributed by atoms with van der Waals surface area (Å²) in [5.41, 5.74) is 7.83. The van der Waals surface area contributed by atoms with Gasteiger partial charge in [0.05, 0.1) is 14.2 Å². The molecule has 106 valence electrons. The Hall–Kier alpha value is -2.07.